The van der Waals surface area contributed by atoms with Gasteiger partial charge in [0, 0.05) is 19.0 Å². The summed E-state index contributed by atoms with van der Waals surface area (Å²) in [6.07, 6.45) is 1.73. The molecule has 1 heterocycles. The first-order valence-electron chi connectivity index (χ1n) is 5.98. The van der Waals surface area contributed by atoms with Crippen molar-refractivity contribution in [3.63, 3.8) is 0 Å². The third kappa shape index (κ3) is 4.20. The van der Waals surface area contributed by atoms with E-state index in [4.69, 9.17) is 10.4 Å². The van der Waals surface area contributed by atoms with Gasteiger partial charge >= 0.3 is 5.97 Å². The Morgan fingerprint density at radius 2 is 2.40 bits per heavy atom. The van der Waals surface area contributed by atoms with Crippen molar-refractivity contribution in [3.05, 3.63) is 27.9 Å². The minimum absolute atomic E-state index is 0.0123. The van der Waals surface area contributed by atoms with Crippen LogP contribution in [0.3, 0.4) is 0 Å². The molecule has 8 nitrogen and oxygen atoms in total. The number of nitriles is 1. The Labute approximate surface area is 115 Å². The zero-order valence-corrected chi connectivity index (χ0v) is 10.9. The molecule has 0 aliphatic rings. The number of nitrogens with one attached hydrogen (secondary N) is 1. The SMILES string of the molecule is CCC(CNc1ncc([N+](=O)[O-])cc1C#N)CC(=O)O. The number of nitro groups is 1. The van der Waals surface area contributed by atoms with Crippen molar-refractivity contribution in [2.75, 3.05) is 11.9 Å². The van der Waals surface area contributed by atoms with Crippen LogP contribution in [0.2, 0.25) is 0 Å². The number of rotatable bonds is 7. The van der Waals surface area contributed by atoms with E-state index in [-0.39, 0.29) is 29.4 Å². The van der Waals surface area contributed by atoms with Crippen molar-refractivity contribution in [2.45, 2.75) is 19.8 Å². The van der Waals surface area contributed by atoms with Gasteiger partial charge in [0.2, 0.25) is 0 Å². The Hall–Kier alpha value is -2.69. The second kappa shape index (κ2) is 7.04. The number of carbonyl (C=O) groups is 1. The van der Waals surface area contributed by atoms with Crippen molar-refractivity contribution in [1.29, 1.82) is 5.26 Å². The molecule has 0 aromatic carbocycles. The van der Waals surface area contributed by atoms with E-state index in [1.807, 2.05) is 13.0 Å². The summed E-state index contributed by atoms with van der Waals surface area (Å²) in [6, 6.07) is 2.96. The van der Waals surface area contributed by atoms with Crippen LogP contribution < -0.4 is 5.32 Å². The van der Waals surface area contributed by atoms with Crippen molar-refractivity contribution in [2.24, 2.45) is 5.92 Å². The standard InChI is InChI=1S/C12H14N4O4/c1-2-8(3-11(17)18)6-14-12-9(5-13)4-10(7-15-12)16(19)20/h4,7-8H,2-3,6H2,1H3,(H,14,15)(H,17,18). The van der Waals surface area contributed by atoms with Gasteiger partial charge in [0.05, 0.1) is 4.92 Å². The number of aliphatic carboxylic acids is 1. The number of pyridine rings is 1. The first-order chi connectivity index (χ1) is 9.47. The lowest BCUT2D eigenvalue weighted by Crippen LogP contribution is -2.18. The molecule has 1 aromatic rings. The molecule has 0 aliphatic heterocycles. The van der Waals surface area contributed by atoms with Crippen molar-refractivity contribution >= 4 is 17.5 Å². The van der Waals surface area contributed by atoms with E-state index in [0.717, 1.165) is 12.3 Å². The number of hydrogen-bond acceptors (Lipinski definition) is 6. The fraction of sp³-hybridized carbons (Fsp3) is 0.417. The van der Waals surface area contributed by atoms with Crippen LogP contribution in [0.15, 0.2) is 12.3 Å². The van der Waals surface area contributed by atoms with E-state index in [2.05, 4.69) is 10.3 Å². The van der Waals surface area contributed by atoms with E-state index >= 15 is 0 Å². The van der Waals surface area contributed by atoms with Gasteiger partial charge in [-0.25, -0.2) is 4.98 Å². The second-order valence-electron chi connectivity index (χ2n) is 4.21. The zero-order chi connectivity index (χ0) is 15.1. The Morgan fingerprint density at radius 3 is 2.90 bits per heavy atom. The number of aromatic nitrogens is 1. The first kappa shape index (κ1) is 15.4. The fourth-order valence-electron chi connectivity index (χ4n) is 1.63. The highest BCUT2D eigenvalue weighted by molar-refractivity contribution is 5.67. The van der Waals surface area contributed by atoms with Crippen LogP contribution in [0.5, 0.6) is 0 Å². The molecular formula is C12H14N4O4. The maximum Gasteiger partial charge on any atom is 0.303 e. The Balaban J connectivity index is 2.80. The molecule has 0 saturated carbocycles. The maximum atomic E-state index is 10.7. The van der Waals surface area contributed by atoms with E-state index in [1.54, 1.807) is 0 Å². The Bertz CT molecular complexity index is 553. The van der Waals surface area contributed by atoms with Gasteiger partial charge in [-0.2, -0.15) is 5.26 Å². The topological polar surface area (TPSA) is 129 Å². The number of nitrogens with zero attached hydrogens (tertiary/aromatic N) is 3. The minimum atomic E-state index is -0.893. The van der Waals surface area contributed by atoms with E-state index in [0.29, 0.717) is 13.0 Å². The molecule has 0 bridgehead atoms. The quantitative estimate of drug-likeness (QED) is 0.574. The van der Waals surface area contributed by atoms with Crippen molar-refractivity contribution in [1.82, 2.24) is 4.98 Å². The largest absolute Gasteiger partial charge is 0.481 e. The lowest BCUT2D eigenvalue weighted by Gasteiger charge is -2.14. The van der Waals surface area contributed by atoms with E-state index in [1.165, 1.54) is 0 Å². The summed E-state index contributed by atoms with van der Waals surface area (Å²) in [7, 11) is 0. The molecule has 20 heavy (non-hydrogen) atoms. The second-order valence-corrected chi connectivity index (χ2v) is 4.21. The van der Waals surface area contributed by atoms with Gasteiger partial charge in [0.15, 0.2) is 0 Å². The summed E-state index contributed by atoms with van der Waals surface area (Å²) >= 11 is 0. The summed E-state index contributed by atoms with van der Waals surface area (Å²) < 4.78 is 0. The van der Waals surface area contributed by atoms with Crippen molar-refractivity contribution in [3.8, 4) is 6.07 Å². The van der Waals surface area contributed by atoms with Crippen LogP contribution in [-0.2, 0) is 4.79 Å². The molecule has 1 atom stereocenters. The van der Waals surface area contributed by atoms with Crippen LogP contribution in [0, 0.1) is 27.4 Å². The lowest BCUT2D eigenvalue weighted by atomic mass is 10.0. The molecular weight excluding hydrogens is 264 g/mol. The molecule has 0 radical (unpaired) electrons. The molecule has 0 aliphatic carbocycles. The smallest absolute Gasteiger partial charge is 0.303 e. The van der Waals surface area contributed by atoms with Crippen LogP contribution in [0.1, 0.15) is 25.3 Å². The van der Waals surface area contributed by atoms with Crippen LogP contribution in [0.4, 0.5) is 11.5 Å². The Kier molecular flexibility index (Phi) is 5.41. The minimum Gasteiger partial charge on any atom is -0.481 e. The van der Waals surface area contributed by atoms with Crippen LogP contribution in [-0.4, -0.2) is 27.5 Å². The van der Waals surface area contributed by atoms with Crippen molar-refractivity contribution < 1.29 is 14.8 Å². The third-order valence-electron chi connectivity index (χ3n) is 2.80. The van der Waals surface area contributed by atoms with Gasteiger partial charge in [-0.15, -0.1) is 0 Å². The molecule has 106 valence electrons. The highest BCUT2D eigenvalue weighted by Crippen LogP contribution is 2.19. The lowest BCUT2D eigenvalue weighted by molar-refractivity contribution is -0.385. The predicted octanol–water partition coefficient (Wildman–Crippen LogP) is 1.77. The zero-order valence-electron chi connectivity index (χ0n) is 10.9. The van der Waals surface area contributed by atoms with Crippen LogP contribution in [0.25, 0.3) is 0 Å². The number of anilines is 1. The van der Waals surface area contributed by atoms with Gasteiger partial charge in [0.1, 0.15) is 23.6 Å². The van der Waals surface area contributed by atoms with Gasteiger partial charge in [-0.3, -0.25) is 14.9 Å². The third-order valence-corrected chi connectivity index (χ3v) is 2.80. The summed E-state index contributed by atoms with van der Waals surface area (Å²) in [4.78, 5) is 24.4. The predicted molar refractivity (Wildman–Crippen MR) is 70.1 cm³/mol. The Morgan fingerprint density at radius 1 is 1.70 bits per heavy atom. The molecule has 0 fully saturated rings. The van der Waals surface area contributed by atoms with Crippen LogP contribution >= 0.6 is 0 Å². The van der Waals surface area contributed by atoms with E-state index < -0.39 is 10.9 Å². The average molecular weight is 278 g/mol. The molecule has 2 N–H and O–H groups in total. The first-order valence-corrected chi connectivity index (χ1v) is 5.98. The van der Waals surface area contributed by atoms with Gasteiger partial charge < -0.3 is 10.4 Å². The number of carboxylic acids is 1. The maximum absolute atomic E-state index is 10.7. The molecule has 0 saturated heterocycles. The number of carboxylic acid groups (broad SMARTS) is 1. The highest BCUT2D eigenvalue weighted by atomic mass is 16.6. The highest BCUT2D eigenvalue weighted by Gasteiger charge is 2.15. The molecule has 1 unspecified atom stereocenters. The molecule has 0 amide bonds. The molecule has 8 heteroatoms. The normalized spacial score (nSPS) is 11.4. The molecule has 1 rings (SSSR count). The summed E-state index contributed by atoms with van der Waals surface area (Å²) in [5.41, 5.74) is -0.200. The van der Waals surface area contributed by atoms with Gasteiger partial charge in [0.25, 0.3) is 5.69 Å². The number of hydrogen-bond donors (Lipinski definition) is 2. The summed E-state index contributed by atoms with van der Waals surface area (Å²) in [5.74, 6) is -0.770. The van der Waals surface area contributed by atoms with Gasteiger partial charge in [-0.05, 0) is 5.92 Å². The monoisotopic (exact) mass is 278 g/mol. The van der Waals surface area contributed by atoms with Gasteiger partial charge in [-0.1, -0.05) is 13.3 Å². The summed E-state index contributed by atoms with van der Waals surface area (Å²) in [5, 5.41) is 31.1. The molecule has 1 aromatic heterocycles. The van der Waals surface area contributed by atoms with E-state index in [9.17, 15) is 14.9 Å². The average Bonchev–Trinajstić information content (AvgIpc) is 2.42. The summed E-state index contributed by atoms with van der Waals surface area (Å²) in [6.45, 7) is 2.20. The fourth-order valence-corrected chi connectivity index (χ4v) is 1.63. The molecule has 0 spiro atoms.